The van der Waals surface area contributed by atoms with Gasteiger partial charge in [0.25, 0.3) is 0 Å². The zero-order valence-electron chi connectivity index (χ0n) is 13.4. The van der Waals surface area contributed by atoms with Crippen LogP contribution in [0.4, 0.5) is 0 Å². The zero-order chi connectivity index (χ0) is 15.8. The van der Waals surface area contributed by atoms with Gasteiger partial charge >= 0.3 is 5.97 Å². The summed E-state index contributed by atoms with van der Waals surface area (Å²) in [4.78, 5) is 11.8. The minimum absolute atomic E-state index is 0.159. The number of nitrogens with zero attached hydrogens (tertiary/aromatic N) is 1. The molecule has 0 spiro atoms. The number of hydrogen-bond acceptors (Lipinski definition) is 3. The number of carbonyl (C=O) groups excluding carboxylic acids is 1. The van der Waals surface area contributed by atoms with Crippen molar-refractivity contribution in [2.75, 3.05) is 13.2 Å². The number of hydrogen-bond donors (Lipinski definition) is 1. The normalized spacial score (nSPS) is 11.0. The van der Waals surface area contributed by atoms with Crippen LogP contribution < -0.4 is 5.73 Å². The average molecular weight is 302 g/mol. The molecule has 22 heavy (non-hydrogen) atoms. The van der Waals surface area contributed by atoms with Crippen LogP contribution in [-0.2, 0) is 22.5 Å². The maximum atomic E-state index is 11.8. The van der Waals surface area contributed by atoms with Crippen LogP contribution in [0.3, 0.4) is 0 Å². The number of nitrogens with two attached hydrogens (primary N) is 1. The first-order valence-corrected chi connectivity index (χ1v) is 8.18. The smallest absolute Gasteiger partial charge is 0.310 e. The molecule has 1 aromatic carbocycles. The maximum absolute atomic E-state index is 11.8. The van der Waals surface area contributed by atoms with E-state index in [1.807, 2.05) is 19.1 Å². The van der Waals surface area contributed by atoms with Crippen LogP contribution in [0.25, 0.3) is 10.9 Å². The molecule has 4 nitrogen and oxygen atoms in total. The second-order valence-corrected chi connectivity index (χ2v) is 5.55. The Morgan fingerprint density at radius 3 is 2.73 bits per heavy atom. The number of rotatable bonds is 9. The number of aromatic nitrogens is 1. The molecule has 0 aliphatic rings. The Hall–Kier alpha value is -1.81. The van der Waals surface area contributed by atoms with E-state index in [0.717, 1.165) is 36.9 Å². The van der Waals surface area contributed by atoms with Gasteiger partial charge in [0, 0.05) is 23.6 Å². The van der Waals surface area contributed by atoms with E-state index in [9.17, 15) is 4.79 Å². The number of esters is 1. The van der Waals surface area contributed by atoms with E-state index >= 15 is 0 Å². The number of carbonyl (C=O) groups is 1. The number of ether oxygens (including phenoxy) is 1. The summed E-state index contributed by atoms with van der Waals surface area (Å²) >= 11 is 0. The summed E-state index contributed by atoms with van der Waals surface area (Å²) in [5.74, 6) is -0.159. The molecule has 0 saturated heterocycles. The summed E-state index contributed by atoms with van der Waals surface area (Å²) in [5, 5.41) is 1.15. The van der Waals surface area contributed by atoms with Gasteiger partial charge in [-0.25, -0.2) is 0 Å². The van der Waals surface area contributed by atoms with Crippen LogP contribution in [0.5, 0.6) is 0 Å². The molecule has 2 aromatic rings. The SMILES string of the molecule is CCOC(=O)Cc1cn(CCCCCCN)c2ccccc12. The van der Waals surface area contributed by atoms with E-state index in [4.69, 9.17) is 10.5 Å². The standard InChI is InChI=1S/C18H26N2O2/c1-2-22-18(21)13-15-14-20(12-8-4-3-7-11-19)17-10-6-5-9-16(15)17/h5-6,9-10,14H,2-4,7-8,11-13,19H2,1H3. The third-order valence-electron chi connectivity index (χ3n) is 3.86. The van der Waals surface area contributed by atoms with E-state index < -0.39 is 0 Å². The van der Waals surface area contributed by atoms with Crippen molar-refractivity contribution >= 4 is 16.9 Å². The molecule has 0 atom stereocenters. The lowest BCUT2D eigenvalue weighted by Gasteiger charge is -2.05. The van der Waals surface area contributed by atoms with Gasteiger partial charge in [0.1, 0.15) is 0 Å². The van der Waals surface area contributed by atoms with Gasteiger partial charge in [-0.1, -0.05) is 31.0 Å². The van der Waals surface area contributed by atoms with Crippen LogP contribution in [0, 0.1) is 0 Å². The molecule has 1 heterocycles. The van der Waals surface area contributed by atoms with Crippen LogP contribution in [-0.4, -0.2) is 23.7 Å². The first kappa shape index (κ1) is 16.6. The van der Waals surface area contributed by atoms with E-state index in [1.54, 1.807) is 0 Å². The molecule has 2 N–H and O–H groups in total. The highest BCUT2D eigenvalue weighted by molar-refractivity contribution is 5.87. The zero-order valence-corrected chi connectivity index (χ0v) is 13.4. The topological polar surface area (TPSA) is 57.2 Å². The monoisotopic (exact) mass is 302 g/mol. The molecule has 4 heteroatoms. The molecule has 0 aliphatic heterocycles. The fourth-order valence-electron chi connectivity index (χ4n) is 2.80. The Morgan fingerprint density at radius 1 is 1.18 bits per heavy atom. The summed E-state index contributed by atoms with van der Waals surface area (Å²) in [7, 11) is 0. The van der Waals surface area contributed by atoms with E-state index in [1.165, 1.54) is 18.4 Å². The van der Waals surface area contributed by atoms with Crippen LogP contribution in [0.15, 0.2) is 30.5 Å². The maximum Gasteiger partial charge on any atom is 0.310 e. The predicted octanol–water partition coefficient (Wildman–Crippen LogP) is 3.27. The largest absolute Gasteiger partial charge is 0.466 e. The number of fused-ring (bicyclic) bond motifs is 1. The highest BCUT2D eigenvalue weighted by Gasteiger charge is 2.12. The molecule has 0 unspecified atom stereocenters. The lowest BCUT2D eigenvalue weighted by molar-refractivity contribution is -0.142. The highest BCUT2D eigenvalue weighted by Crippen LogP contribution is 2.22. The second kappa shape index (κ2) is 8.59. The molecule has 0 saturated carbocycles. The molecule has 0 amide bonds. The Balaban J connectivity index is 2.08. The van der Waals surface area contributed by atoms with Gasteiger partial charge in [-0.15, -0.1) is 0 Å². The Labute approximate surface area is 132 Å². The van der Waals surface area contributed by atoms with Gasteiger partial charge < -0.3 is 15.0 Å². The van der Waals surface area contributed by atoms with Crippen molar-refractivity contribution in [3.05, 3.63) is 36.0 Å². The fourth-order valence-corrected chi connectivity index (χ4v) is 2.80. The van der Waals surface area contributed by atoms with Gasteiger partial charge in [0.2, 0.25) is 0 Å². The van der Waals surface area contributed by atoms with E-state index in [2.05, 4.69) is 22.9 Å². The van der Waals surface area contributed by atoms with Crippen molar-refractivity contribution in [2.24, 2.45) is 5.73 Å². The van der Waals surface area contributed by atoms with Gasteiger partial charge in [-0.05, 0) is 37.9 Å². The Bertz CT molecular complexity index is 604. The molecular formula is C18H26N2O2. The predicted molar refractivity (Wildman–Crippen MR) is 89.8 cm³/mol. The van der Waals surface area contributed by atoms with Crippen molar-refractivity contribution in [2.45, 2.75) is 45.6 Å². The molecule has 0 aliphatic carbocycles. The lowest BCUT2D eigenvalue weighted by Crippen LogP contribution is -2.07. The quantitative estimate of drug-likeness (QED) is 0.571. The first-order valence-electron chi connectivity index (χ1n) is 8.18. The van der Waals surface area contributed by atoms with Gasteiger partial charge in [0.15, 0.2) is 0 Å². The Morgan fingerprint density at radius 2 is 1.95 bits per heavy atom. The summed E-state index contributed by atoms with van der Waals surface area (Å²) in [6.45, 7) is 4.02. The van der Waals surface area contributed by atoms with Crippen molar-refractivity contribution < 1.29 is 9.53 Å². The third kappa shape index (κ3) is 4.34. The van der Waals surface area contributed by atoms with Crippen molar-refractivity contribution in [1.82, 2.24) is 4.57 Å². The molecule has 2 rings (SSSR count). The second-order valence-electron chi connectivity index (χ2n) is 5.55. The Kier molecular flexibility index (Phi) is 6.46. The molecule has 0 fully saturated rings. The van der Waals surface area contributed by atoms with Crippen molar-refractivity contribution in [3.8, 4) is 0 Å². The summed E-state index contributed by atoms with van der Waals surface area (Å²) in [6, 6.07) is 8.25. The number of benzene rings is 1. The lowest BCUT2D eigenvalue weighted by atomic mass is 10.1. The molecular weight excluding hydrogens is 276 g/mol. The third-order valence-corrected chi connectivity index (χ3v) is 3.86. The fraction of sp³-hybridized carbons (Fsp3) is 0.500. The first-order chi connectivity index (χ1) is 10.8. The van der Waals surface area contributed by atoms with Gasteiger partial charge in [-0.2, -0.15) is 0 Å². The van der Waals surface area contributed by atoms with Gasteiger partial charge in [0.05, 0.1) is 13.0 Å². The summed E-state index contributed by atoms with van der Waals surface area (Å²) < 4.78 is 7.33. The number of aryl methyl sites for hydroxylation is 1. The average Bonchev–Trinajstić information content (AvgIpc) is 2.86. The van der Waals surface area contributed by atoms with Crippen LogP contribution in [0.1, 0.15) is 38.2 Å². The number of para-hydroxylation sites is 1. The van der Waals surface area contributed by atoms with Crippen molar-refractivity contribution in [1.29, 1.82) is 0 Å². The summed E-state index contributed by atoms with van der Waals surface area (Å²) in [5.41, 5.74) is 7.77. The minimum Gasteiger partial charge on any atom is -0.466 e. The summed E-state index contributed by atoms with van der Waals surface area (Å²) in [6.07, 6.45) is 7.05. The van der Waals surface area contributed by atoms with E-state index in [-0.39, 0.29) is 5.97 Å². The van der Waals surface area contributed by atoms with Crippen molar-refractivity contribution in [3.63, 3.8) is 0 Å². The molecule has 120 valence electrons. The van der Waals surface area contributed by atoms with Crippen LogP contribution in [0.2, 0.25) is 0 Å². The minimum atomic E-state index is -0.159. The van der Waals surface area contributed by atoms with E-state index in [0.29, 0.717) is 13.0 Å². The van der Waals surface area contributed by atoms with Crippen LogP contribution >= 0.6 is 0 Å². The number of unbranched alkanes of at least 4 members (excludes halogenated alkanes) is 3. The van der Waals surface area contributed by atoms with Gasteiger partial charge in [-0.3, -0.25) is 4.79 Å². The highest BCUT2D eigenvalue weighted by atomic mass is 16.5. The molecule has 1 aromatic heterocycles. The molecule has 0 bridgehead atoms. The molecule has 0 radical (unpaired) electrons.